The van der Waals surface area contributed by atoms with Gasteiger partial charge in [0.25, 0.3) is 5.91 Å². The molecule has 0 radical (unpaired) electrons. The Hall–Kier alpha value is -3.57. The molecular weight excluding hydrogens is 398 g/mol. The normalized spacial score (nSPS) is 10.6. The SMILES string of the molecule is COc1ccc(-c2cc(C(=O)Nc3ccc(C)cc3)n(-c3cccc(Cl)c3)n2)cc1. The van der Waals surface area contributed by atoms with E-state index in [9.17, 15) is 4.79 Å². The van der Waals surface area contributed by atoms with Crippen molar-refractivity contribution >= 4 is 23.2 Å². The number of halogens is 1. The average Bonchev–Trinajstić information content (AvgIpc) is 3.21. The zero-order chi connectivity index (χ0) is 21.1. The molecule has 1 heterocycles. The second-order valence-corrected chi connectivity index (χ2v) is 7.29. The van der Waals surface area contributed by atoms with Crippen molar-refractivity contribution in [1.29, 1.82) is 0 Å². The van der Waals surface area contributed by atoms with Gasteiger partial charge in [0.2, 0.25) is 0 Å². The summed E-state index contributed by atoms with van der Waals surface area (Å²) in [7, 11) is 1.62. The maximum absolute atomic E-state index is 13.1. The molecule has 0 atom stereocenters. The average molecular weight is 418 g/mol. The largest absolute Gasteiger partial charge is 0.497 e. The molecule has 0 aliphatic rings. The van der Waals surface area contributed by atoms with Gasteiger partial charge >= 0.3 is 0 Å². The molecule has 0 aliphatic heterocycles. The van der Waals surface area contributed by atoms with Gasteiger partial charge in [-0.05, 0) is 67.6 Å². The Kier molecular flexibility index (Phi) is 5.55. The molecule has 0 saturated carbocycles. The van der Waals surface area contributed by atoms with E-state index in [1.807, 2.05) is 67.6 Å². The first-order valence-electron chi connectivity index (χ1n) is 9.42. The number of nitrogens with one attached hydrogen (secondary N) is 1. The second-order valence-electron chi connectivity index (χ2n) is 6.86. The first-order valence-corrected chi connectivity index (χ1v) is 9.80. The van der Waals surface area contributed by atoms with Crippen LogP contribution in [0.1, 0.15) is 16.1 Å². The highest BCUT2D eigenvalue weighted by atomic mass is 35.5. The van der Waals surface area contributed by atoms with Crippen LogP contribution in [0.3, 0.4) is 0 Å². The number of carbonyl (C=O) groups excluding carboxylic acids is 1. The van der Waals surface area contributed by atoms with Crippen LogP contribution < -0.4 is 10.1 Å². The van der Waals surface area contributed by atoms with Crippen molar-refractivity contribution in [1.82, 2.24) is 9.78 Å². The molecule has 0 unspecified atom stereocenters. The lowest BCUT2D eigenvalue weighted by Crippen LogP contribution is -2.16. The standard InChI is InChI=1S/C24H20ClN3O2/c1-16-6-10-19(11-7-16)26-24(29)23-15-22(17-8-12-21(30-2)13-9-17)27-28(23)20-5-3-4-18(25)14-20/h3-15H,1-2H3,(H,26,29). The third kappa shape index (κ3) is 4.21. The molecular formula is C24H20ClN3O2. The van der Waals surface area contributed by atoms with Gasteiger partial charge in [-0.15, -0.1) is 0 Å². The first kappa shape index (κ1) is 19.7. The molecule has 150 valence electrons. The van der Waals surface area contributed by atoms with Gasteiger partial charge in [-0.3, -0.25) is 4.79 Å². The van der Waals surface area contributed by atoms with E-state index in [1.165, 1.54) is 0 Å². The number of nitrogens with zero attached hydrogens (tertiary/aromatic N) is 2. The summed E-state index contributed by atoms with van der Waals surface area (Å²) >= 11 is 6.17. The fourth-order valence-corrected chi connectivity index (χ4v) is 3.27. The summed E-state index contributed by atoms with van der Waals surface area (Å²) in [5.41, 5.74) is 4.50. The number of rotatable bonds is 5. The number of amides is 1. The maximum Gasteiger partial charge on any atom is 0.274 e. The molecule has 0 bridgehead atoms. The molecule has 30 heavy (non-hydrogen) atoms. The number of hydrogen-bond acceptors (Lipinski definition) is 3. The molecule has 5 nitrogen and oxygen atoms in total. The van der Waals surface area contributed by atoms with E-state index in [0.717, 1.165) is 22.6 Å². The van der Waals surface area contributed by atoms with Crippen LogP contribution in [0.25, 0.3) is 16.9 Å². The monoisotopic (exact) mass is 417 g/mol. The molecule has 0 fully saturated rings. The summed E-state index contributed by atoms with van der Waals surface area (Å²) in [4.78, 5) is 13.1. The van der Waals surface area contributed by atoms with Gasteiger partial charge in [0.1, 0.15) is 11.4 Å². The van der Waals surface area contributed by atoms with Crippen LogP contribution in [0.5, 0.6) is 5.75 Å². The lowest BCUT2D eigenvalue weighted by atomic mass is 10.1. The molecule has 1 amide bonds. The number of hydrogen-bond donors (Lipinski definition) is 1. The van der Waals surface area contributed by atoms with Crippen LogP contribution in [-0.4, -0.2) is 22.8 Å². The van der Waals surface area contributed by atoms with Crippen LogP contribution in [0.2, 0.25) is 5.02 Å². The Morgan fingerprint density at radius 2 is 1.73 bits per heavy atom. The van der Waals surface area contributed by atoms with Gasteiger partial charge in [-0.1, -0.05) is 35.4 Å². The molecule has 3 aromatic carbocycles. The predicted octanol–water partition coefficient (Wildman–Crippen LogP) is 5.76. The van der Waals surface area contributed by atoms with Crippen molar-refractivity contribution in [2.45, 2.75) is 6.92 Å². The predicted molar refractivity (Wildman–Crippen MR) is 120 cm³/mol. The summed E-state index contributed by atoms with van der Waals surface area (Å²) in [6.45, 7) is 2.00. The van der Waals surface area contributed by atoms with Gasteiger partial charge in [-0.2, -0.15) is 5.10 Å². The highest BCUT2D eigenvalue weighted by molar-refractivity contribution is 6.30. The molecule has 0 aliphatic carbocycles. The number of ether oxygens (including phenoxy) is 1. The summed E-state index contributed by atoms with van der Waals surface area (Å²) in [6.07, 6.45) is 0. The zero-order valence-corrected chi connectivity index (χ0v) is 17.4. The quantitative estimate of drug-likeness (QED) is 0.449. The van der Waals surface area contributed by atoms with Crippen molar-refractivity contribution in [3.63, 3.8) is 0 Å². The van der Waals surface area contributed by atoms with Crippen LogP contribution >= 0.6 is 11.6 Å². The minimum atomic E-state index is -0.258. The number of benzene rings is 3. The van der Waals surface area contributed by atoms with E-state index in [2.05, 4.69) is 10.4 Å². The van der Waals surface area contributed by atoms with Crippen molar-refractivity contribution < 1.29 is 9.53 Å². The van der Waals surface area contributed by atoms with Crippen molar-refractivity contribution in [2.75, 3.05) is 12.4 Å². The number of aryl methyl sites for hydroxylation is 1. The first-order chi connectivity index (χ1) is 14.5. The van der Waals surface area contributed by atoms with Crippen LogP contribution in [0.4, 0.5) is 5.69 Å². The van der Waals surface area contributed by atoms with Gasteiger partial charge in [-0.25, -0.2) is 4.68 Å². The fraction of sp³-hybridized carbons (Fsp3) is 0.0833. The highest BCUT2D eigenvalue weighted by Gasteiger charge is 2.18. The van der Waals surface area contributed by atoms with Crippen molar-refractivity contribution in [3.8, 4) is 22.7 Å². The molecule has 0 spiro atoms. The van der Waals surface area contributed by atoms with E-state index in [4.69, 9.17) is 16.3 Å². The van der Waals surface area contributed by atoms with Crippen molar-refractivity contribution in [3.05, 3.63) is 95.1 Å². The topological polar surface area (TPSA) is 56.1 Å². The zero-order valence-electron chi connectivity index (χ0n) is 16.6. The van der Waals surface area contributed by atoms with Gasteiger partial charge in [0.05, 0.1) is 18.5 Å². The van der Waals surface area contributed by atoms with Gasteiger partial charge in [0.15, 0.2) is 0 Å². The molecule has 1 aromatic heterocycles. The number of methoxy groups -OCH3 is 1. The second kappa shape index (κ2) is 8.43. The number of anilines is 1. The smallest absolute Gasteiger partial charge is 0.274 e. The summed E-state index contributed by atoms with van der Waals surface area (Å²) in [5, 5.41) is 8.19. The fourth-order valence-electron chi connectivity index (χ4n) is 3.08. The molecule has 1 N–H and O–H groups in total. The molecule has 4 rings (SSSR count). The minimum Gasteiger partial charge on any atom is -0.497 e. The summed E-state index contributed by atoms with van der Waals surface area (Å²) < 4.78 is 6.83. The van der Waals surface area contributed by atoms with E-state index < -0.39 is 0 Å². The lowest BCUT2D eigenvalue weighted by Gasteiger charge is -2.09. The van der Waals surface area contributed by atoms with E-state index in [0.29, 0.717) is 22.1 Å². The van der Waals surface area contributed by atoms with Crippen LogP contribution in [0.15, 0.2) is 78.9 Å². The van der Waals surface area contributed by atoms with E-state index in [-0.39, 0.29) is 5.91 Å². The summed E-state index contributed by atoms with van der Waals surface area (Å²) in [5.74, 6) is 0.497. The Morgan fingerprint density at radius 1 is 1.00 bits per heavy atom. The third-order valence-electron chi connectivity index (χ3n) is 4.69. The molecule has 0 saturated heterocycles. The number of carbonyl (C=O) groups is 1. The van der Waals surface area contributed by atoms with Gasteiger partial charge < -0.3 is 10.1 Å². The van der Waals surface area contributed by atoms with Gasteiger partial charge in [0, 0.05) is 16.3 Å². The number of aromatic nitrogens is 2. The van der Waals surface area contributed by atoms with Crippen LogP contribution in [0, 0.1) is 6.92 Å². The highest BCUT2D eigenvalue weighted by Crippen LogP contribution is 2.25. The Morgan fingerprint density at radius 3 is 2.40 bits per heavy atom. The van der Waals surface area contributed by atoms with E-state index in [1.54, 1.807) is 30.0 Å². The van der Waals surface area contributed by atoms with E-state index >= 15 is 0 Å². The molecule has 6 heteroatoms. The minimum absolute atomic E-state index is 0.258. The van der Waals surface area contributed by atoms with Crippen LogP contribution in [-0.2, 0) is 0 Å². The Bertz CT molecular complexity index is 1180. The van der Waals surface area contributed by atoms with Crippen molar-refractivity contribution in [2.24, 2.45) is 0 Å². The Balaban J connectivity index is 1.75. The third-order valence-corrected chi connectivity index (χ3v) is 4.93. The maximum atomic E-state index is 13.1. The summed E-state index contributed by atoms with van der Waals surface area (Å²) in [6, 6.07) is 24.2. The Labute approximate surface area is 179 Å². The molecule has 4 aromatic rings. The lowest BCUT2D eigenvalue weighted by molar-refractivity contribution is 0.101.